The van der Waals surface area contributed by atoms with Crippen molar-refractivity contribution in [3.8, 4) is 5.75 Å². The van der Waals surface area contributed by atoms with Crippen LogP contribution in [0.3, 0.4) is 0 Å². The number of nitrogens with zero attached hydrogens (tertiary/aromatic N) is 2. The maximum Gasteiger partial charge on any atom is 0.573 e. The number of pyridine rings is 1. The van der Waals surface area contributed by atoms with Gasteiger partial charge in [-0.15, -0.1) is 13.2 Å². The van der Waals surface area contributed by atoms with Crippen LogP contribution in [0.15, 0.2) is 11.1 Å². The van der Waals surface area contributed by atoms with Crippen LogP contribution in [0.25, 0.3) is 0 Å². The van der Waals surface area contributed by atoms with E-state index in [1.165, 1.54) is 0 Å². The Labute approximate surface area is 104 Å². The molecule has 1 aromatic heterocycles. The SMILES string of the molecule is Cc1c(OC(F)(F)F)cnc([N+](=O)[O-])c1S(N)(=O)=O. The minimum Gasteiger partial charge on any atom is -0.401 e. The zero-order valence-electron chi connectivity index (χ0n) is 9.13. The second-order valence-corrected chi connectivity index (χ2v) is 4.75. The highest BCUT2D eigenvalue weighted by Gasteiger charge is 2.36. The number of hydrogen-bond donors (Lipinski definition) is 1. The third kappa shape index (κ3) is 3.51. The highest BCUT2D eigenvalue weighted by molar-refractivity contribution is 7.89. The number of alkyl halides is 3. The van der Waals surface area contributed by atoms with Crippen LogP contribution in [0.1, 0.15) is 5.56 Å². The van der Waals surface area contributed by atoms with Crippen LogP contribution in [0, 0.1) is 17.0 Å². The molecule has 0 aromatic carbocycles. The Balaban J connectivity index is 3.56. The summed E-state index contributed by atoms with van der Waals surface area (Å²) in [5, 5.41) is 15.3. The van der Waals surface area contributed by atoms with E-state index in [2.05, 4.69) is 9.72 Å². The lowest BCUT2D eigenvalue weighted by Gasteiger charge is -2.11. The summed E-state index contributed by atoms with van der Waals surface area (Å²) in [4.78, 5) is 11.3. The molecular weight excluding hydrogens is 295 g/mol. The predicted octanol–water partition coefficient (Wildman–Crippen LogP) is 0.844. The molecule has 2 N–H and O–H groups in total. The van der Waals surface area contributed by atoms with Crippen LogP contribution >= 0.6 is 0 Å². The van der Waals surface area contributed by atoms with Gasteiger partial charge in [-0.1, -0.05) is 0 Å². The molecule has 0 saturated heterocycles. The van der Waals surface area contributed by atoms with E-state index in [9.17, 15) is 31.7 Å². The van der Waals surface area contributed by atoms with E-state index in [1.54, 1.807) is 0 Å². The van der Waals surface area contributed by atoms with Gasteiger partial charge in [0.25, 0.3) is 0 Å². The van der Waals surface area contributed by atoms with Gasteiger partial charge in [-0.2, -0.15) is 0 Å². The van der Waals surface area contributed by atoms with Crippen LogP contribution in [0.4, 0.5) is 19.0 Å². The largest absolute Gasteiger partial charge is 0.573 e. The molecule has 8 nitrogen and oxygen atoms in total. The number of rotatable bonds is 3. The monoisotopic (exact) mass is 301 g/mol. The molecule has 0 radical (unpaired) electrons. The molecule has 0 atom stereocenters. The Morgan fingerprint density at radius 3 is 2.37 bits per heavy atom. The van der Waals surface area contributed by atoms with Crippen molar-refractivity contribution in [2.24, 2.45) is 5.14 Å². The normalized spacial score (nSPS) is 12.3. The van der Waals surface area contributed by atoms with Gasteiger partial charge in [-0.05, 0) is 16.8 Å². The zero-order valence-corrected chi connectivity index (χ0v) is 9.95. The Bertz CT molecular complexity index is 628. The van der Waals surface area contributed by atoms with E-state index < -0.39 is 43.3 Å². The molecule has 0 fully saturated rings. The fraction of sp³-hybridized carbons (Fsp3) is 0.286. The Morgan fingerprint density at radius 2 is 2.00 bits per heavy atom. The summed E-state index contributed by atoms with van der Waals surface area (Å²) < 4.78 is 62.0. The van der Waals surface area contributed by atoms with Crippen molar-refractivity contribution in [1.29, 1.82) is 0 Å². The van der Waals surface area contributed by atoms with Crippen molar-refractivity contribution < 1.29 is 31.2 Å². The molecule has 1 heterocycles. The number of nitrogens with two attached hydrogens (primary N) is 1. The average molecular weight is 301 g/mol. The number of halogens is 3. The van der Waals surface area contributed by atoms with Gasteiger partial charge in [0.15, 0.2) is 16.8 Å². The fourth-order valence-corrected chi connectivity index (χ4v) is 2.16. The summed E-state index contributed by atoms with van der Waals surface area (Å²) in [6, 6.07) is 0. The molecular formula is C7H6F3N3O5S. The highest BCUT2D eigenvalue weighted by atomic mass is 32.2. The van der Waals surface area contributed by atoms with E-state index in [4.69, 9.17) is 5.14 Å². The summed E-state index contributed by atoms with van der Waals surface area (Å²) in [6.07, 6.45) is -4.70. The molecule has 19 heavy (non-hydrogen) atoms. The molecule has 12 heteroatoms. The van der Waals surface area contributed by atoms with E-state index in [-0.39, 0.29) is 0 Å². The maximum absolute atomic E-state index is 12.0. The molecule has 0 unspecified atom stereocenters. The lowest BCUT2D eigenvalue weighted by molar-refractivity contribution is -0.392. The molecule has 0 aliphatic heterocycles. The van der Waals surface area contributed by atoms with Gasteiger partial charge in [0.05, 0.1) is 0 Å². The van der Waals surface area contributed by atoms with E-state index in [0.717, 1.165) is 6.92 Å². The maximum atomic E-state index is 12.0. The van der Waals surface area contributed by atoms with Crippen molar-refractivity contribution in [2.45, 2.75) is 18.2 Å². The predicted molar refractivity (Wildman–Crippen MR) is 53.7 cm³/mol. The first kappa shape index (κ1) is 15.1. The molecule has 0 amide bonds. The summed E-state index contributed by atoms with van der Waals surface area (Å²) in [6.45, 7) is 0.884. The van der Waals surface area contributed by atoms with Crippen LogP contribution in [0.2, 0.25) is 0 Å². The van der Waals surface area contributed by atoms with Gasteiger partial charge in [0.2, 0.25) is 10.0 Å². The smallest absolute Gasteiger partial charge is 0.401 e. The van der Waals surface area contributed by atoms with Crippen molar-refractivity contribution in [3.63, 3.8) is 0 Å². The summed E-state index contributed by atoms with van der Waals surface area (Å²) in [5.74, 6) is -2.16. The van der Waals surface area contributed by atoms with Crippen LogP contribution in [-0.2, 0) is 10.0 Å². The minimum atomic E-state index is -5.10. The number of hydrogen-bond acceptors (Lipinski definition) is 6. The summed E-state index contributed by atoms with van der Waals surface area (Å²) in [5.41, 5.74) is -0.651. The second-order valence-electron chi connectivity index (χ2n) is 3.25. The molecule has 1 aromatic rings. The zero-order chi connectivity index (χ0) is 15.0. The van der Waals surface area contributed by atoms with Gasteiger partial charge < -0.3 is 14.9 Å². The topological polar surface area (TPSA) is 125 Å². The third-order valence-electron chi connectivity index (χ3n) is 1.90. The van der Waals surface area contributed by atoms with Crippen molar-refractivity contribution >= 4 is 15.8 Å². The molecule has 0 aliphatic carbocycles. The van der Waals surface area contributed by atoms with Gasteiger partial charge in [0, 0.05) is 5.56 Å². The molecule has 0 saturated carbocycles. The number of ether oxygens (including phenoxy) is 1. The van der Waals surface area contributed by atoms with Crippen molar-refractivity contribution in [3.05, 3.63) is 21.9 Å². The lowest BCUT2D eigenvalue weighted by Crippen LogP contribution is -2.21. The molecule has 106 valence electrons. The summed E-state index contributed by atoms with van der Waals surface area (Å²) >= 11 is 0. The quantitative estimate of drug-likeness (QED) is 0.651. The van der Waals surface area contributed by atoms with E-state index >= 15 is 0 Å². The molecule has 0 aliphatic rings. The first-order valence-electron chi connectivity index (χ1n) is 4.36. The Morgan fingerprint density at radius 1 is 1.47 bits per heavy atom. The van der Waals surface area contributed by atoms with Gasteiger partial charge in [-0.25, -0.2) is 13.6 Å². The van der Waals surface area contributed by atoms with Gasteiger partial charge in [-0.3, -0.25) is 0 Å². The van der Waals surface area contributed by atoms with Crippen LogP contribution in [-0.4, -0.2) is 24.7 Å². The standard InChI is InChI=1S/C7H6F3N3O5S/c1-3-4(18-7(8,9)10)2-12-6(13(14)15)5(3)19(11,16)17/h2H,1H3,(H2,11,16,17). The van der Waals surface area contributed by atoms with E-state index in [0.29, 0.717) is 6.20 Å². The van der Waals surface area contributed by atoms with Crippen molar-refractivity contribution in [1.82, 2.24) is 4.98 Å². The van der Waals surface area contributed by atoms with Crippen LogP contribution in [0.5, 0.6) is 5.75 Å². The summed E-state index contributed by atoms with van der Waals surface area (Å²) in [7, 11) is -4.64. The molecule has 1 rings (SSSR count). The van der Waals surface area contributed by atoms with E-state index in [1.807, 2.05) is 0 Å². The first-order valence-corrected chi connectivity index (χ1v) is 5.90. The molecule has 0 bridgehead atoms. The fourth-order valence-electron chi connectivity index (χ4n) is 1.25. The first-order chi connectivity index (χ1) is 8.43. The number of sulfonamides is 1. The van der Waals surface area contributed by atoms with Gasteiger partial charge >= 0.3 is 12.2 Å². The number of aromatic nitrogens is 1. The Hall–Kier alpha value is -1.95. The highest BCUT2D eigenvalue weighted by Crippen LogP contribution is 2.33. The third-order valence-corrected chi connectivity index (χ3v) is 2.96. The second kappa shape index (κ2) is 4.62. The minimum absolute atomic E-state index is 0.398. The van der Waals surface area contributed by atoms with Crippen molar-refractivity contribution in [2.75, 3.05) is 0 Å². The van der Waals surface area contributed by atoms with Gasteiger partial charge in [0.1, 0.15) is 0 Å². The average Bonchev–Trinajstić information content (AvgIpc) is 2.16. The van der Waals surface area contributed by atoms with Crippen LogP contribution < -0.4 is 9.88 Å². The molecule has 0 spiro atoms. The number of nitro groups is 1. The lowest BCUT2D eigenvalue weighted by atomic mass is 10.2. The number of primary sulfonamides is 1. The Kier molecular flexibility index (Phi) is 3.67.